The summed E-state index contributed by atoms with van der Waals surface area (Å²) < 4.78 is 12.6. The van der Waals surface area contributed by atoms with E-state index in [0.717, 1.165) is 0 Å². The summed E-state index contributed by atoms with van der Waals surface area (Å²) >= 11 is 6.13. The molecule has 2 aliphatic heterocycles. The molecule has 5 rings (SSSR count). The van der Waals surface area contributed by atoms with Crippen molar-refractivity contribution < 1.29 is 44.6 Å². The fourth-order valence-electron chi connectivity index (χ4n) is 4.75. The van der Waals surface area contributed by atoms with Gasteiger partial charge in [0.1, 0.15) is 12.2 Å². The van der Waals surface area contributed by atoms with Gasteiger partial charge in [0.15, 0.2) is 28.8 Å². The number of aromatic nitrogens is 4. The quantitative estimate of drug-likeness (QED) is 0.124. The molecule has 1 aromatic carbocycles. The van der Waals surface area contributed by atoms with Crippen molar-refractivity contribution in [1.29, 1.82) is 0 Å². The van der Waals surface area contributed by atoms with Crippen molar-refractivity contribution in [2.75, 3.05) is 24.6 Å². The lowest BCUT2D eigenvalue weighted by atomic mass is 9.92. The normalized spacial score (nSPS) is 25.1. The zero-order chi connectivity index (χ0) is 28.8. The summed E-state index contributed by atoms with van der Waals surface area (Å²) in [6.45, 7) is -0.211. The molecule has 2 saturated heterocycles. The van der Waals surface area contributed by atoms with E-state index in [1.54, 1.807) is 35.2 Å². The number of carboxylic acid groups (broad SMARTS) is 2. The number of nitrogens with zero attached hydrogens (tertiary/aromatic N) is 5. The molecule has 210 valence electrons. The minimum atomic E-state index is -2.75. The lowest BCUT2D eigenvalue weighted by Crippen LogP contribution is -2.55. The molecule has 40 heavy (non-hydrogen) atoms. The fraction of sp³-hybridized carbons (Fsp3) is 0.400. The number of benzene rings is 1. The van der Waals surface area contributed by atoms with Gasteiger partial charge < -0.3 is 39.9 Å². The van der Waals surface area contributed by atoms with Gasteiger partial charge in [0.2, 0.25) is 5.28 Å². The van der Waals surface area contributed by atoms with Crippen molar-refractivity contribution in [2.24, 2.45) is 0 Å². The predicted octanol–water partition coefficient (Wildman–Crippen LogP) is -0.549. The van der Waals surface area contributed by atoms with Crippen LogP contribution in [0.5, 0.6) is 0 Å². The van der Waals surface area contributed by atoms with Crippen molar-refractivity contribution in [3.05, 3.63) is 47.5 Å². The van der Waals surface area contributed by atoms with Gasteiger partial charge in [-0.2, -0.15) is 9.97 Å². The van der Waals surface area contributed by atoms with Gasteiger partial charge in [0, 0.05) is 19.5 Å². The Hall–Kier alpha value is -3.84. The van der Waals surface area contributed by atoms with Gasteiger partial charge in [0.25, 0.3) is 5.60 Å². The van der Waals surface area contributed by atoms with Gasteiger partial charge in [-0.15, -0.1) is 6.42 Å². The highest BCUT2D eigenvalue weighted by Gasteiger charge is 2.58. The molecule has 2 aliphatic rings. The molecule has 4 heterocycles. The van der Waals surface area contributed by atoms with Gasteiger partial charge in [-0.1, -0.05) is 36.3 Å². The van der Waals surface area contributed by atoms with Crippen LogP contribution in [0, 0.1) is 12.3 Å². The Labute approximate surface area is 231 Å². The second-order valence-electron chi connectivity index (χ2n) is 9.54. The summed E-state index contributed by atoms with van der Waals surface area (Å²) in [7, 11) is 0. The van der Waals surface area contributed by atoms with E-state index in [2.05, 4.69) is 20.9 Å². The van der Waals surface area contributed by atoms with E-state index in [0.29, 0.717) is 24.5 Å². The number of imidazole rings is 1. The number of terminal acetylenes is 1. The van der Waals surface area contributed by atoms with Crippen LogP contribution in [0.25, 0.3) is 11.2 Å². The number of halogens is 1. The Balaban J connectivity index is 1.45. The van der Waals surface area contributed by atoms with Gasteiger partial charge in [-0.25, -0.2) is 14.6 Å². The third kappa shape index (κ3) is 4.52. The molecule has 14 nitrogen and oxygen atoms in total. The van der Waals surface area contributed by atoms with E-state index >= 15 is 0 Å². The number of anilines is 1. The highest BCUT2D eigenvalue weighted by atomic mass is 35.5. The summed E-state index contributed by atoms with van der Waals surface area (Å²) in [5.74, 6) is -1.15. The van der Waals surface area contributed by atoms with Crippen LogP contribution in [-0.2, 0) is 25.5 Å². The van der Waals surface area contributed by atoms with Crippen LogP contribution in [0.2, 0.25) is 5.28 Å². The van der Waals surface area contributed by atoms with Gasteiger partial charge >= 0.3 is 11.9 Å². The molecule has 0 amide bonds. The Kier molecular flexibility index (Phi) is 7.13. The minimum Gasteiger partial charge on any atom is -0.479 e. The van der Waals surface area contributed by atoms with E-state index in [1.807, 2.05) is 0 Å². The van der Waals surface area contributed by atoms with Crippen molar-refractivity contribution in [1.82, 2.24) is 19.5 Å². The zero-order valence-electron chi connectivity index (χ0n) is 20.7. The highest BCUT2D eigenvalue weighted by Crippen LogP contribution is 2.40. The molecule has 0 spiro atoms. The molecular formula is C25H24ClN5O9. The molecule has 15 heteroatoms. The summed E-state index contributed by atoms with van der Waals surface area (Å²) in [6.07, 6.45) is 0.969. The predicted molar refractivity (Wildman–Crippen MR) is 136 cm³/mol. The van der Waals surface area contributed by atoms with Crippen LogP contribution < -0.4 is 4.90 Å². The number of hydrogen-bond acceptors (Lipinski definition) is 11. The van der Waals surface area contributed by atoms with Gasteiger partial charge in [-0.3, -0.25) is 4.57 Å². The van der Waals surface area contributed by atoms with Crippen LogP contribution in [0.15, 0.2) is 36.7 Å². The lowest BCUT2D eigenvalue weighted by molar-refractivity contribution is -0.191. The van der Waals surface area contributed by atoms with Crippen molar-refractivity contribution in [3.63, 3.8) is 0 Å². The smallest absolute Gasteiger partial charge is 0.348 e. The fourth-order valence-corrected chi connectivity index (χ4v) is 4.91. The maximum Gasteiger partial charge on any atom is 0.348 e. The molecule has 2 aromatic heterocycles. The summed E-state index contributed by atoms with van der Waals surface area (Å²) in [6, 6.07) is 7.99. The Morgan fingerprint density at radius 2 is 1.88 bits per heavy atom. The molecule has 3 aromatic rings. The largest absolute Gasteiger partial charge is 0.479 e. The van der Waals surface area contributed by atoms with Gasteiger partial charge in [0.05, 0.1) is 19.0 Å². The first-order chi connectivity index (χ1) is 19.0. The minimum absolute atomic E-state index is 0.121. The number of hydrogen-bond donors (Lipinski definition) is 5. The maximum absolute atomic E-state index is 12.2. The number of ether oxygens (including phenoxy) is 2. The van der Waals surface area contributed by atoms with Crippen LogP contribution in [0.3, 0.4) is 0 Å². The third-order valence-corrected chi connectivity index (χ3v) is 7.20. The first-order valence-electron chi connectivity index (χ1n) is 12.0. The molecular weight excluding hydrogens is 550 g/mol. The third-order valence-electron chi connectivity index (χ3n) is 7.03. The molecule has 0 aliphatic carbocycles. The average Bonchev–Trinajstić information content (AvgIpc) is 3.43. The number of aliphatic hydroxyl groups is 3. The van der Waals surface area contributed by atoms with E-state index in [9.17, 15) is 35.1 Å². The SMILES string of the molecule is C#C[C@@]1(O)[C@@H](COC(Cc2ccccc2)(C(=O)O)C(=O)O)O[C@@H](n2cnc3c(N4CC(O)C4)nc(Cl)nc32)[C@@H]1O. The zero-order valence-corrected chi connectivity index (χ0v) is 21.4. The average molecular weight is 574 g/mol. The summed E-state index contributed by atoms with van der Waals surface area (Å²) in [5, 5.41) is 51.5. The highest BCUT2D eigenvalue weighted by molar-refractivity contribution is 6.28. The van der Waals surface area contributed by atoms with E-state index < -0.39 is 60.7 Å². The number of fused-ring (bicyclic) bond motifs is 1. The summed E-state index contributed by atoms with van der Waals surface area (Å²) in [4.78, 5) is 38.7. The Morgan fingerprint density at radius 3 is 2.48 bits per heavy atom. The maximum atomic E-state index is 12.2. The number of aliphatic carboxylic acids is 2. The number of carbonyl (C=O) groups is 2. The van der Waals surface area contributed by atoms with Crippen LogP contribution in [-0.4, -0.2) is 106 Å². The molecule has 5 N–H and O–H groups in total. The number of β-amino-alcohol motifs (C(OH)–C–C–N with tert-alkyl or cyclic N) is 1. The monoisotopic (exact) mass is 573 g/mol. The molecule has 0 saturated carbocycles. The molecule has 0 bridgehead atoms. The topological polar surface area (TPSA) is 201 Å². The van der Waals surface area contributed by atoms with Crippen molar-refractivity contribution >= 4 is 40.5 Å². The van der Waals surface area contributed by atoms with Crippen LogP contribution in [0.1, 0.15) is 11.8 Å². The number of rotatable bonds is 9. The van der Waals surface area contributed by atoms with E-state index in [1.165, 1.54) is 10.9 Å². The van der Waals surface area contributed by atoms with E-state index in [-0.39, 0.29) is 16.4 Å². The first-order valence-corrected chi connectivity index (χ1v) is 12.4. The van der Waals surface area contributed by atoms with Crippen molar-refractivity contribution in [2.45, 2.75) is 42.2 Å². The van der Waals surface area contributed by atoms with Gasteiger partial charge in [-0.05, 0) is 17.2 Å². The Bertz CT molecular complexity index is 1480. The van der Waals surface area contributed by atoms with Crippen molar-refractivity contribution in [3.8, 4) is 12.3 Å². The summed E-state index contributed by atoms with van der Waals surface area (Å²) in [5.41, 5.74) is -4.40. The first kappa shape index (κ1) is 27.7. The van der Waals surface area contributed by atoms with Crippen LogP contribution >= 0.6 is 11.6 Å². The van der Waals surface area contributed by atoms with E-state index in [4.69, 9.17) is 27.5 Å². The second kappa shape index (κ2) is 10.3. The number of aliphatic hydroxyl groups excluding tert-OH is 2. The molecule has 0 unspecified atom stereocenters. The lowest BCUT2D eigenvalue weighted by Gasteiger charge is -2.36. The molecule has 2 fully saturated rings. The Morgan fingerprint density at radius 1 is 1.20 bits per heavy atom. The molecule has 4 atom stereocenters. The standard InChI is InChI=1S/C25H24ClN5O9/c1-2-24(38)15(11-39-25(21(34)35,22(36)37)8-13-6-4-3-5-7-13)40-20(17(24)33)31-12-27-16-18(30-9-14(32)10-30)28-23(26)29-19(16)31/h1,3-7,12,14-15,17,20,32-33,38H,8-11H2,(H,34,35)(H,36,37)/t15-,17+,20-,24-/m1/s1. The van der Waals surface area contributed by atoms with Crippen LogP contribution in [0.4, 0.5) is 5.82 Å². The second-order valence-corrected chi connectivity index (χ2v) is 9.88. The number of carboxylic acids is 2. The molecule has 0 radical (unpaired) electrons.